The predicted octanol–water partition coefficient (Wildman–Crippen LogP) is 4.66. The van der Waals surface area contributed by atoms with E-state index in [9.17, 15) is 14.7 Å². The predicted molar refractivity (Wildman–Crippen MR) is 126 cm³/mol. The Morgan fingerprint density at radius 3 is 2.44 bits per heavy atom. The monoisotopic (exact) mass is 429 g/mol. The topological polar surface area (TPSA) is 84.2 Å². The number of aryl methyl sites for hydroxylation is 2. The average molecular weight is 430 g/mol. The lowest BCUT2D eigenvalue weighted by Crippen LogP contribution is -2.44. The summed E-state index contributed by atoms with van der Waals surface area (Å²) in [5.41, 5.74) is 3.59. The Bertz CT molecular complexity index is 1260. The highest BCUT2D eigenvalue weighted by Gasteiger charge is 2.25. The second-order valence-electron chi connectivity index (χ2n) is 8.38. The Morgan fingerprint density at radius 2 is 1.72 bits per heavy atom. The maximum atomic E-state index is 12.7. The summed E-state index contributed by atoms with van der Waals surface area (Å²) in [7, 11) is 0. The van der Waals surface area contributed by atoms with Crippen LogP contribution in [0, 0.1) is 5.92 Å². The van der Waals surface area contributed by atoms with Gasteiger partial charge in [0.1, 0.15) is 11.7 Å². The van der Waals surface area contributed by atoms with Crippen LogP contribution in [-0.4, -0.2) is 32.6 Å². The summed E-state index contributed by atoms with van der Waals surface area (Å²) in [4.78, 5) is 28.6. The van der Waals surface area contributed by atoms with Gasteiger partial charge in [0.2, 0.25) is 0 Å². The van der Waals surface area contributed by atoms with Crippen molar-refractivity contribution in [3.8, 4) is 0 Å². The van der Waals surface area contributed by atoms with Crippen molar-refractivity contribution < 1.29 is 14.7 Å². The number of carbonyl (C=O) groups is 2. The molecule has 0 unspecified atom stereocenters. The maximum Gasteiger partial charge on any atom is 0.326 e. The molecule has 6 nitrogen and oxygen atoms in total. The highest BCUT2D eigenvalue weighted by atomic mass is 16.4. The molecule has 0 aliphatic carbocycles. The number of aromatic nitrogens is 2. The molecular formula is C26H27N3O3. The minimum absolute atomic E-state index is 0.219. The van der Waals surface area contributed by atoms with Crippen LogP contribution in [0.1, 0.15) is 36.3 Å². The number of carbonyl (C=O) groups excluding carboxylic acids is 1. The Labute approximate surface area is 186 Å². The number of fused-ring (bicyclic) bond motifs is 3. The van der Waals surface area contributed by atoms with E-state index in [4.69, 9.17) is 0 Å². The van der Waals surface area contributed by atoms with Gasteiger partial charge in [0, 0.05) is 22.8 Å². The van der Waals surface area contributed by atoms with Crippen molar-refractivity contribution in [3.63, 3.8) is 0 Å². The molecule has 0 aliphatic heterocycles. The number of pyridine rings is 1. The lowest BCUT2D eigenvalue weighted by atomic mass is 10.0. The molecule has 1 amide bonds. The van der Waals surface area contributed by atoms with E-state index in [1.54, 1.807) is 26.1 Å². The van der Waals surface area contributed by atoms with Crippen molar-refractivity contribution in [2.24, 2.45) is 5.92 Å². The number of nitrogens with zero attached hydrogens (tertiary/aromatic N) is 2. The van der Waals surface area contributed by atoms with Gasteiger partial charge in [0.05, 0.1) is 11.7 Å². The fourth-order valence-electron chi connectivity index (χ4n) is 4.13. The van der Waals surface area contributed by atoms with Gasteiger partial charge in [-0.05, 0) is 36.5 Å². The van der Waals surface area contributed by atoms with Crippen LogP contribution in [0.4, 0.5) is 0 Å². The first-order valence-electron chi connectivity index (χ1n) is 10.9. The highest BCUT2D eigenvalue weighted by Crippen LogP contribution is 2.29. The maximum absolute atomic E-state index is 12.7. The molecule has 4 aromatic rings. The van der Waals surface area contributed by atoms with Crippen molar-refractivity contribution in [2.75, 3.05) is 0 Å². The molecule has 0 fully saturated rings. The second-order valence-corrected chi connectivity index (χ2v) is 8.38. The van der Waals surface area contributed by atoms with E-state index < -0.39 is 17.9 Å². The Hall–Kier alpha value is -3.67. The number of rotatable bonds is 8. The van der Waals surface area contributed by atoms with E-state index in [0.717, 1.165) is 41.2 Å². The Balaban J connectivity index is 1.64. The van der Waals surface area contributed by atoms with E-state index in [1.165, 1.54) is 5.56 Å². The van der Waals surface area contributed by atoms with Crippen LogP contribution in [0.15, 0.2) is 66.9 Å². The number of nitrogens with one attached hydrogen (secondary N) is 1. The lowest BCUT2D eigenvalue weighted by Gasteiger charge is -2.17. The summed E-state index contributed by atoms with van der Waals surface area (Å²) in [6, 6.07) is 19.3. The zero-order valence-corrected chi connectivity index (χ0v) is 18.3. The Morgan fingerprint density at radius 1 is 1.00 bits per heavy atom. The van der Waals surface area contributed by atoms with Gasteiger partial charge < -0.3 is 15.0 Å². The van der Waals surface area contributed by atoms with Crippen LogP contribution in [0.5, 0.6) is 0 Å². The first kappa shape index (κ1) is 21.6. The molecule has 32 heavy (non-hydrogen) atoms. The van der Waals surface area contributed by atoms with E-state index in [-0.39, 0.29) is 11.6 Å². The van der Waals surface area contributed by atoms with E-state index in [0.29, 0.717) is 0 Å². The number of carboxylic acids is 1. The number of amides is 1. The van der Waals surface area contributed by atoms with Crippen molar-refractivity contribution in [2.45, 2.75) is 39.3 Å². The van der Waals surface area contributed by atoms with Gasteiger partial charge in [0.25, 0.3) is 5.91 Å². The van der Waals surface area contributed by atoms with Crippen LogP contribution < -0.4 is 5.32 Å². The molecule has 1 atom stereocenters. The number of para-hydroxylation sites is 1. The van der Waals surface area contributed by atoms with Gasteiger partial charge in [-0.15, -0.1) is 0 Å². The molecule has 2 heterocycles. The average Bonchev–Trinajstić information content (AvgIpc) is 3.11. The summed E-state index contributed by atoms with van der Waals surface area (Å²) < 4.78 is 2.25. The molecule has 0 saturated heterocycles. The van der Waals surface area contributed by atoms with Crippen LogP contribution in [0.25, 0.3) is 21.8 Å². The van der Waals surface area contributed by atoms with Gasteiger partial charge in [-0.1, -0.05) is 62.4 Å². The fraction of sp³-hybridized carbons (Fsp3) is 0.269. The van der Waals surface area contributed by atoms with Gasteiger partial charge in [-0.3, -0.25) is 4.79 Å². The first-order valence-corrected chi connectivity index (χ1v) is 10.9. The second kappa shape index (κ2) is 9.22. The quantitative estimate of drug-likeness (QED) is 0.427. The number of hydrogen-bond donors (Lipinski definition) is 2. The largest absolute Gasteiger partial charge is 0.480 e. The number of hydrogen-bond acceptors (Lipinski definition) is 3. The summed E-state index contributed by atoms with van der Waals surface area (Å²) in [6.45, 7) is 4.36. The summed E-state index contributed by atoms with van der Waals surface area (Å²) >= 11 is 0. The van der Waals surface area contributed by atoms with Gasteiger partial charge >= 0.3 is 5.97 Å². The van der Waals surface area contributed by atoms with Gasteiger partial charge in [-0.25, -0.2) is 9.78 Å². The SMILES string of the molecule is CC(C)[C@H](NC(=O)c1cc2c3ccccc3n(CCCc3ccccc3)c2cn1)C(=O)O. The van der Waals surface area contributed by atoms with Gasteiger partial charge in [0.15, 0.2) is 0 Å². The van der Waals surface area contributed by atoms with Crippen molar-refractivity contribution in [1.82, 2.24) is 14.9 Å². The minimum atomic E-state index is -1.05. The molecule has 0 saturated carbocycles. The van der Waals surface area contributed by atoms with Crippen molar-refractivity contribution >= 4 is 33.7 Å². The molecule has 4 rings (SSSR count). The first-order chi connectivity index (χ1) is 15.5. The van der Waals surface area contributed by atoms with E-state index in [1.807, 2.05) is 24.3 Å². The summed E-state index contributed by atoms with van der Waals surface area (Å²) in [5, 5.41) is 14.0. The zero-order chi connectivity index (χ0) is 22.7. The number of aliphatic carboxylic acids is 1. The van der Waals surface area contributed by atoms with E-state index >= 15 is 0 Å². The molecular weight excluding hydrogens is 402 g/mol. The Kier molecular flexibility index (Phi) is 6.21. The standard InChI is InChI=1S/C26H27N3O3/c1-17(2)24(26(31)32)28-25(30)21-15-20-19-12-6-7-13-22(19)29(23(20)16-27-21)14-8-11-18-9-4-3-5-10-18/h3-7,9-10,12-13,15-17,24H,8,11,14H2,1-2H3,(H,28,30)(H,31,32)/t24-/m0/s1. The van der Waals surface area contributed by atoms with Gasteiger partial charge in [-0.2, -0.15) is 0 Å². The molecule has 2 aromatic heterocycles. The van der Waals surface area contributed by atoms with Crippen molar-refractivity contribution in [1.29, 1.82) is 0 Å². The van der Waals surface area contributed by atoms with Crippen LogP contribution in [-0.2, 0) is 17.8 Å². The zero-order valence-electron chi connectivity index (χ0n) is 18.3. The molecule has 2 aromatic carbocycles. The van der Waals surface area contributed by atoms with Crippen LogP contribution in [0.2, 0.25) is 0 Å². The summed E-state index contributed by atoms with van der Waals surface area (Å²) in [5.74, 6) is -1.76. The third-order valence-electron chi connectivity index (χ3n) is 5.80. The van der Waals surface area contributed by atoms with Crippen LogP contribution in [0.3, 0.4) is 0 Å². The molecule has 2 N–H and O–H groups in total. The molecule has 0 aliphatic rings. The normalized spacial score (nSPS) is 12.3. The van der Waals surface area contributed by atoms with E-state index in [2.05, 4.69) is 45.2 Å². The molecule has 164 valence electrons. The number of carboxylic acid groups (broad SMARTS) is 1. The lowest BCUT2D eigenvalue weighted by molar-refractivity contribution is -0.140. The fourth-order valence-corrected chi connectivity index (χ4v) is 4.13. The van der Waals surface area contributed by atoms with Crippen LogP contribution >= 0.6 is 0 Å². The minimum Gasteiger partial charge on any atom is -0.480 e. The smallest absolute Gasteiger partial charge is 0.326 e. The summed E-state index contributed by atoms with van der Waals surface area (Å²) in [6.07, 6.45) is 3.68. The number of benzene rings is 2. The highest BCUT2D eigenvalue weighted by molar-refractivity contribution is 6.10. The molecule has 6 heteroatoms. The third kappa shape index (κ3) is 4.35. The molecule has 0 radical (unpaired) electrons. The third-order valence-corrected chi connectivity index (χ3v) is 5.80. The molecule has 0 spiro atoms. The molecule has 0 bridgehead atoms. The van der Waals surface area contributed by atoms with Crippen molar-refractivity contribution in [3.05, 3.63) is 78.1 Å².